The normalized spacial score (nSPS) is 13.4. The number of aliphatic hydroxyl groups is 1. The molecule has 2 atom stereocenters. The number of aliphatic hydroxyl groups excluding tert-OH is 1. The van der Waals surface area contributed by atoms with Crippen molar-refractivity contribution in [1.29, 1.82) is 0 Å². The standard InChI is InChI=1S/C10H11N3O3/c1-16-10(15)9(14)8(12-13-11)7-5-3-2-4-6-7/h2-6,8-9,14H,1H3. The minimum Gasteiger partial charge on any atom is -0.467 e. The van der Waals surface area contributed by atoms with Crippen molar-refractivity contribution >= 4 is 5.97 Å². The molecular weight excluding hydrogens is 210 g/mol. The fraction of sp³-hybridized carbons (Fsp3) is 0.300. The molecule has 84 valence electrons. The van der Waals surface area contributed by atoms with E-state index < -0.39 is 18.1 Å². The Balaban J connectivity index is 3.00. The molecule has 2 unspecified atom stereocenters. The van der Waals surface area contributed by atoms with Gasteiger partial charge in [0.15, 0.2) is 6.10 Å². The van der Waals surface area contributed by atoms with Crippen molar-refractivity contribution in [3.63, 3.8) is 0 Å². The lowest BCUT2D eigenvalue weighted by Crippen LogP contribution is -2.27. The van der Waals surface area contributed by atoms with Gasteiger partial charge in [0.2, 0.25) is 0 Å². The number of rotatable bonds is 4. The highest BCUT2D eigenvalue weighted by atomic mass is 16.5. The second kappa shape index (κ2) is 5.75. The van der Waals surface area contributed by atoms with Crippen LogP contribution in [0.5, 0.6) is 0 Å². The van der Waals surface area contributed by atoms with Crippen LogP contribution in [-0.2, 0) is 9.53 Å². The lowest BCUT2D eigenvalue weighted by atomic mass is 10.0. The van der Waals surface area contributed by atoms with Gasteiger partial charge in [0.05, 0.1) is 13.2 Å². The summed E-state index contributed by atoms with van der Waals surface area (Å²) in [4.78, 5) is 13.8. The molecule has 0 fully saturated rings. The second-order valence-electron chi connectivity index (χ2n) is 3.03. The molecule has 0 saturated carbocycles. The van der Waals surface area contributed by atoms with E-state index in [1.54, 1.807) is 30.3 Å². The van der Waals surface area contributed by atoms with Gasteiger partial charge >= 0.3 is 5.97 Å². The summed E-state index contributed by atoms with van der Waals surface area (Å²) in [5, 5.41) is 13.0. The van der Waals surface area contributed by atoms with Crippen LogP contribution in [-0.4, -0.2) is 24.3 Å². The van der Waals surface area contributed by atoms with Crippen LogP contribution in [0.4, 0.5) is 0 Å². The van der Waals surface area contributed by atoms with Gasteiger partial charge in [0.25, 0.3) is 0 Å². The molecule has 0 radical (unpaired) electrons. The monoisotopic (exact) mass is 221 g/mol. The van der Waals surface area contributed by atoms with Crippen LogP contribution in [0.1, 0.15) is 11.6 Å². The van der Waals surface area contributed by atoms with Gasteiger partial charge in [-0.15, -0.1) is 0 Å². The van der Waals surface area contributed by atoms with Crippen molar-refractivity contribution in [2.24, 2.45) is 5.11 Å². The number of esters is 1. The fourth-order valence-electron chi connectivity index (χ4n) is 1.27. The fourth-order valence-corrected chi connectivity index (χ4v) is 1.27. The molecule has 1 rings (SSSR count). The molecule has 16 heavy (non-hydrogen) atoms. The summed E-state index contributed by atoms with van der Waals surface area (Å²) in [6, 6.07) is 7.56. The first-order valence-electron chi connectivity index (χ1n) is 4.55. The van der Waals surface area contributed by atoms with Crippen molar-refractivity contribution in [1.82, 2.24) is 0 Å². The van der Waals surface area contributed by atoms with E-state index >= 15 is 0 Å². The minimum atomic E-state index is -1.50. The Morgan fingerprint density at radius 1 is 1.50 bits per heavy atom. The Hall–Kier alpha value is -2.04. The summed E-state index contributed by atoms with van der Waals surface area (Å²) in [5.41, 5.74) is 8.95. The van der Waals surface area contributed by atoms with Crippen molar-refractivity contribution in [3.05, 3.63) is 46.3 Å². The van der Waals surface area contributed by atoms with Crippen LogP contribution in [0.3, 0.4) is 0 Å². The molecule has 0 aliphatic heterocycles. The van der Waals surface area contributed by atoms with Crippen LogP contribution in [0, 0.1) is 0 Å². The summed E-state index contributed by atoms with van der Waals surface area (Å²) in [7, 11) is 1.16. The van der Waals surface area contributed by atoms with Crippen molar-refractivity contribution in [3.8, 4) is 0 Å². The third-order valence-corrected chi connectivity index (χ3v) is 2.06. The van der Waals surface area contributed by atoms with Crippen LogP contribution in [0.15, 0.2) is 35.4 Å². The quantitative estimate of drug-likeness (QED) is 0.361. The van der Waals surface area contributed by atoms with Crippen LogP contribution < -0.4 is 0 Å². The number of hydrogen-bond acceptors (Lipinski definition) is 4. The Bertz CT molecular complexity index is 401. The van der Waals surface area contributed by atoms with Crippen LogP contribution in [0.25, 0.3) is 10.4 Å². The highest BCUT2D eigenvalue weighted by Crippen LogP contribution is 2.22. The van der Waals surface area contributed by atoms with Gasteiger partial charge in [-0.25, -0.2) is 4.79 Å². The lowest BCUT2D eigenvalue weighted by Gasteiger charge is -2.16. The van der Waals surface area contributed by atoms with Crippen LogP contribution >= 0.6 is 0 Å². The van der Waals surface area contributed by atoms with Gasteiger partial charge < -0.3 is 9.84 Å². The summed E-state index contributed by atoms with van der Waals surface area (Å²) < 4.78 is 4.39. The third-order valence-electron chi connectivity index (χ3n) is 2.06. The smallest absolute Gasteiger partial charge is 0.335 e. The van der Waals surface area contributed by atoms with E-state index in [2.05, 4.69) is 14.8 Å². The Kier molecular flexibility index (Phi) is 4.32. The van der Waals surface area contributed by atoms with Gasteiger partial charge in [0, 0.05) is 4.91 Å². The zero-order chi connectivity index (χ0) is 12.0. The van der Waals surface area contributed by atoms with Crippen LogP contribution in [0.2, 0.25) is 0 Å². The number of ether oxygens (including phenoxy) is 1. The molecule has 0 spiro atoms. The maximum Gasteiger partial charge on any atom is 0.335 e. The average Bonchev–Trinajstić information content (AvgIpc) is 2.35. The summed E-state index contributed by atoms with van der Waals surface area (Å²) >= 11 is 0. The van der Waals surface area contributed by atoms with Gasteiger partial charge in [-0.3, -0.25) is 0 Å². The predicted molar refractivity (Wildman–Crippen MR) is 56.4 cm³/mol. The molecule has 0 amide bonds. The molecule has 6 heteroatoms. The first-order valence-corrected chi connectivity index (χ1v) is 4.55. The van der Waals surface area contributed by atoms with E-state index in [4.69, 9.17) is 5.53 Å². The maximum absolute atomic E-state index is 11.1. The van der Waals surface area contributed by atoms with E-state index in [1.165, 1.54) is 0 Å². The molecule has 0 aromatic heterocycles. The highest BCUT2D eigenvalue weighted by Gasteiger charge is 2.27. The van der Waals surface area contributed by atoms with Crippen molar-refractivity contribution < 1.29 is 14.6 Å². The largest absolute Gasteiger partial charge is 0.467 e. The number of methoxy groups -OCH3 is 1. The van der Waals surface area contributed by atoms with E-state index in [0.717, 1.165) is 7.11 Å². The van der Waals surface area contributed by atoms with Gasteiger partial charge in [-0.2, -0.15) is 0 Å². The minimum absolute atomic E-state index is 0.554. The third kappa shape index (κ3) is 2.73. The molecule has 1 N–H and O–H groups in total. The van der Waals surface area contributed by atoms with E-state index in [0.29, 0.717) is 5.56 Å². The number of nitrogens with zero attached hydrogens (tertiary/aromatic N) is 3. The van der Waals surface area contributed by atoms with E-state index in [-0.39, 0.29) is 0 Å². The molecule has 0 aliphatic carbocycles. The Labute approximate surface area is 92.1 Å². The SMILES string of the molecule is COC(=O)C(O)C(N=[N+]=[N-])c1ccccc1. The predicted octanol–water partition coefficient (Wildman–Crippen LogP) is 1.57. The average molecular weight is 221 g/mol. The van der Waals surface area contributed by atoms with Crippen molar-refractivity contribution in [2.45, 2.75) is 12.1 Å². The Morgan fingerprint density at radius 2 is 2.12 bits per heavy atom. The summed E-state index contributed by atoms with van der Waals surface area (Å²) in [6.07, 6.45) is -1.50. The first kappa shape index (κ1) is 12.0. The molecule has 0 saturated heterocycles. The van der Waals surface area contributed by atoms with Gasteiger partial charge in [-0.05, 0) is 11.1 Å². The molecule has 0 aliphatic rings. The van der Waals surface area contributed by atoms with Crippen molar-refractivity contribution in [2.75, 3.05) is 7.11 Å². The number of carbonyl (C=O) groups excluding carboxylic acids is 1. The first-order chi connectivity index (χ1) is 7.70. The molecule has 1 aromatic carbocycles. The zero-order valence-electron chi connectivity index (χ0n) is 8.65. The lowest BCUT2D eigenvalue weighted by molar-refractivity contribution is -0.151. The maximum atomic E-state index is 11.1. The Morgan fingerprint density at radius 3 is 2.62 bits per heavy atom. The number of carbonyl (C=O) groups is 1. The summed E-state index contributed by atoms with van der Waals surface area (Å²) in [5.74, 6) is -0.832. The molecule has 1 aromatic rings. The highest BCUT2D eigenvalue weighted by molar-refractivity contribution is 5.75. The molecule has 6 nitrogen and oxygen atoms in total. The zero-order valence-corrected chi connectivity index (χ0v) is 8.65. The molecule has 0 bridgehead atoms. The van der Waals surface area contributed by atoms with E-state index in [1.807, 2.05) is 0 Å². The van der Waals surface area contributed by atoms with E-state index in [9.17, 15) is 9.90 Å². The molecule has 0 heterocycles. The number of azide groups is 1. The second-order valence-corrected chi connectivity index (χ2v) is 3.03. The molecular formula is C10H11N3O3. The van der Waals surface area contributed by atoms with Gasteiger partial charge in [-0.1, -0.05) is 35.4 Å². The number of hydrogen-bond donors (Lipinski definition) is 1. The number of benzene rings is 1. The topological polar surface area (TPSA) is 95.3 Å². The van der Waals surface area contributed by atoms with Gasteiger partial charge in [0.1, 0.15) is 0 Å². The summed E-state index contributed by atoms with van der Waals surface area (Å²) in [6.45, 7) is 0.